The second-order valence-electron chi connectivity index (χ2n) is 10.9. The summed E-state index contributed by atoms with van der Waals surface area (Å²) in [6, 6.07) is 6.36. The molecule has 2 aromatic rings. The number of aromatic nitrogens is 2. The molecule has 1 amide bonds. The van der Waals surface area contributed by atoms with Crippen molar-refractivity contribution in [3.63, 3.8) is 0 Å². The first-order valence-electron chi connectivity index (χ1n) is 12.0. The van der Waals surface area contributed by atoms with Gasteiger partial charge in [0.2, 0.25) is 5.91 Å². The number of rotatable bonds is 4. The highest BCUT2D eigenvalue weighted by Gasteiger charge is 2.51. The van der Waals surface area contributed by atoms with E-state index in [1.54, 1.807) is 0 Å². The molecule has 4 bridgehead atoms. The van der Waals surface area contributed by atoms with E-state index in [-0.39, 0.29) is 11.5 Å². The first-order chi connectivity index (χ1) is 14.5. The van der Waals surface area contributed by atoms with Gasteiger partial charge in [-0.05, 0) is 107 Å². The maximum atomic E-state index is 13.1. The van der Waals surface area contributed by atoms with Crippen LogP contribution in [0.3, 0.4) is 0 Å². The monoisotopic (exact) mass is 406 g/mol. The molecule has 0 spiro atoms. The smallest absolute Gasteiger partial charge is 0.223 e. The fraction of sp³-hybridized carbons (Fsp3) is 0.680. The van der Waals surface area contributed by atoms with Crippen LogP contribution in [0.5, 0.6) is 0 Å². The third kappa shape index (κ3) is 3.45. The topological polar surface area (TPSA) is 61.0 Å². The zero-order chi connectivity index (χ0) is 20.3. The summed E-state index contributed by atoms with van der Waals surface area (Å²) in [5, 5.41) is 3.61. The van der Waals surface area contributed by atoms with E-state index in [0.29, 0.717) is 5.91 Å². The minimum absolute atomic E-state index is 0.148. The van der Waals surface area contributed by atoms with Gasteiger partial charge >= 0.3 is 0 Å². The summed E-state index contributed by atoms with van der Waals surface area (Å²) in [6.07, 6.45) is 9.95. The number of hydrogen-bond acceptors (Lipinski definition) is 3. The zero-order valence-corrected chi connectivity index (χ0v) is 18.1. The number of nitrogens with zero attached hydrogens (tertiary/aromatic N) is 2. The van der Waals surface area contributed by atoms with Crippen LogP contribution in [-0.2, 0) is 11.3 Å². The summed E-state index contributed by atoms with van der Waals surface area (Å²) in [4.78, 5) is 23.8. The Labute approximate surface area is 179 Å². The lowest BCUT2D eigenvalue weighted by atomic mass is 9.53. The molecule has 0 atom stereocenters. The van der Waals surface area contributed by atoms with Crippen molar-refractivity contribution >= 4 is 16.9 Å². The zero-order valence-electron chi connectivity index (χ0n) is 18.1. The predicted octanol–water partition coefficient (Wildman–Crippen LogP) is 4.17. The van der Waals surface area contributed by atoms with Crippen LogP contribution in [0.15, 0.2) is 18.2 Å². The maximum Gasteiger partial charge on any atom is 0.223 e. The lowest BCUT2D eigenvalue weighted by Crippen LogP contribution is -2.61. The van der Waals surface area contributed by atoms with Gasteiger partial charge in [-0.25, -0.2) is 4.98 Å². The number of imidazole rings is 1. The highest BCUT2D eigenvalue weighted by atomic mass is 16.2. The van der Waals surface area contributed by atoms with Crippen LogP contribution in [0.4, 0.5) is 0 Å². The normalized spacial score (nSPS) is 34.0. The van der Waals surface area contributed by atoms with Gasteiger partial charge in [-0.1, -0.05) is 6.07 Å². The molecule has 160 valence electrons. The minimum atomic E-state index is 0.148. The molecule has 1 aliphatic heterocycles. The van der Waals surface area contributed by atoms with Crippen molar-refractivity contribution in [1.29, 1.82) is 0 Å². The fourth-order valence-electron chi connectivity index (χ4n) is 7.44. The molecule has 1 aromatic carbocycles. The molecule has 7 rings (SSSR count). The lowest BCUT2D eigenvalue weighted by Gasteiger charge is -2.57. The van der Waals surface area contributed by atoms with Crippen molar-refractivity contribution in [2.75, 3.05) is 13.1 Å². The number of likely N-dealkylation sites (tertiary alicyclic amines) is 1. The lowest BCUT2D eigenvalue weighted by molar-refractivity contribution is -0.132. The van der Waals surface area contributed by atoms with Crippen molar-refractivity contribution in [2.45, 2.75) is 70.4 Å². The number of piperidine rings is 1. The molecule has 5 aliphatic rings. The van der Waals surface area contributed by atoms with E-state index < -0.39 is 0 Å². The third-order valence-corrected chi connectivity index (χ3v) is 8.44. The van der Waals surface area contributed by atoms with Gasteiger partial charge in [0.25, 0.3) is 0 Å². The molecule has 2 N–H and O–H groups in total. The van der Waals surface area contributed by atoms with Crippen LogP contribution < -0.4 is 5.32 Å². The molecule has 1 aromatic heterocycles. The Morgan fingerprint density at radius 2 is 1.80 bits per heavy atom. The van der Waals surface area contributed by atoms with Crippen molar-refractivity contribution < 1.29 is 4.79 Å². The van der Waals surface area contributed by atoms with Crippen LogP contribution in [0.1, 0.15) is 62.8 Å². The fourth-order valence-corrected chi connectivity index (χ4v) is 7.44. The summed E-state index contributed by atoms with van der Waals surface area (Å²) in [6.45, 7) is 4.92. The average molecular weight is 407 g/mol. The SMILES string of the molecule is Cc1ccc2nc(CN3CCC(C(=O)NC45CC6CC(CC(C6)C4)C5)CC3)[nH]c2c1. The molecule has 4 saturated carbocycles. The summed E-state index contributed by atoms with van der Waals surface area (Å²) < 4.78 is 0. The van der Waals surface area contributed by atoms with Gasteiger partial charge in [-0.15, -0.1) is 0 Å². The second kappa shape index (κ2) is 7.08. The molecule has 0 radical (unpaired) electrons. The first kappa shape index (κ1) is 18.9. The number of nitrogens with one attached hydrogen (secondary N) is 2. The van der Waals surface area contributed by atoms with Gasteiger partial charge in [0.1, 0.15) is 5.82 Å². The molecular weight excluding hydrogens is 372 g/mol. The van der Waals surface area contributed by atoms with Crippen LogP contribution in [0.25, 0.3) is 11.0 Å². The number of aryl methyl sites for hydroxylation is 1. The van der Waals surface area contributed by atoms with Crippen molar-refractivity contribution in [3.8, 4) is 0 Å². The Morgan fingerprint density at radius 1 is 1.13 bits per heavy atom. The van der Waals surface area contributed by atoms with Gasteiger partial charge < -0.3 is 10.3 Å². The molecule has 0 unspecified atom stereocenters. The molecule has 5 heteroatoms. The van der Waals surface area contributed by atoms with E-state index in [2.05, 4.69) is 40.3 Å². The third-order valence-electron chi connectivity index (χ3n) is 8.44. The quantitative estimate of drug-likeness (QED) is 0.801. The van der Waals surface area contributed by atoms with Gasteiger partial charge in [0.15, 0.2) is 0 Å². The Bertz CT molecular complexity index is 920. The van der Waals surface area contributed by atoms with E-state index in [1.807, 2.05) is 0 Å². The largest absolute Gasteiger partial charge is 0.350 e. The van der Waals surface area contributed by atoms with Gasteiger partial charge in [0.05, 0.1) is 17.6 Å². The number of H-pyrrole nitrogens is 1. The summed E-state index contributed by atoms with van der Waals surface area (Å²) in [5.41, 5.74) is 3.56. The number of carbonyl (C=O) groups excluding carboxylic acids is 1. The molecule has 2 heterocycles. The van der Waals surface area contributed by atoms with E-state index in [1.165, 1.54) is 44.1 Å². The highest BCUT2D eigenvalue weighted by Crippen LogP contribution is 2.55. The number of carbonyl (C=O) groups is 1. The van der Waals surface area contributed by atoms with Crippen molar-refractivity contribution in [2.24, 2.45) is 23.7 Å². The van der Waals surface area contributed by atoms with Gasteiger partial charge in [-0.2, -0.15) is 0 Å². The average Bonchev–Trinajstić information content (AvgIpc) is 3.08. The van der Waals surface area contributed by atoms with Gasteiger partial charge in [-0.3, -0.25) is 9.69 Å². The van der Waals surface area contributed by atoms with Crippen LogP contribution in [-0.4, -0.2) is 39.4 Å². The first-order valence-corrected chi connectivity index (χ1v) is 12.0. The summed E-state index contributed by atoms with van der Waals surface area (Å²) >= 11 is 0. The standard InChI is InChI=1S/C25H34N4O/c1-16-2-3-21-22(8-16)27-23(26-21)15-29-6-4-20(5-7-29)24(30)28-25-12-17-9-18(13-25)11-19(10-17)14-25/h2-3,8,17-20H,4-7,9-15H2,1H3,(H,26,27)(H,28,30). The van der Waals surface area contributed by atoms with Crippen LogP contribution in [0.2, 0.25) is 0 Å². The predicted molar refractivity (Wildman–Crippen MR) is 118 cm³/mol. The van der Waals surface area contributed by atoms with E-state index >= 15 is 0 Å². The maximum absolute atomic E-state index is 13.1. The second-order valence-corrected chi connectivity index (χ2v) is 10.9. The summed E-state index contributed by atoms with van der Waals surface area (Å²) in [7, 11) is 0. The molecule has 4 aliphatic carbocycles. The number of benzene rings is 1. The molecule has 1 saturated heterocycles. The van der Waals surface area contributed by atoms with Crippen LogP contribution in [0, 0.1) is 30.6 Å². The van der Waals surface area contributed by atoms with E-state index in [9.17, 15) is 4.79 Å². The Morgan fingerprint density at radius 3 is 2.47 bits per heavy atom. The van der Waals surface area contributed by atoms with Crippen molar-refractivity contribution in [1.82, 2.24) is 20.2 Å². The Hall–Kier alpha value is -1.88. The molecular formula is C25H34N4O. The number of hydrogen-bond donors (Lipinski definition) is 2. The van der Waals surface area contributed by atoms with Crippen LogP contribution >= 0.6 is 0 Å². The minimum Gasteiger partial charge on any atom is -0.350 e. The molecule has 5 fully saturated rings. The highest BCUT2D eigenvalue weighted by molar-refractivity contribution is 5.79. The summed E-state index contributed by atoms with van der Waals surface area (Å²) in [5.74, 6) is 4.21. The Balaban J connectivity index is 1.05. The Kier molecular flexibility index (Phi) is 4.45. The number of aromatic amines is 1. The molecule has 5 nitrogen and oxygen atoms in total. The van der Waals surface area contributed by atoms with Gasteiger partial charge in [0, 0.05) is 11.5 Å². The van der Waals surface area contributed by atoms with E-state index in [0.717, 1.165) is 67.1 Å². The number of amides is 1. The van der Waals surface area contributed by atoms with E-state index in [4.69, 9.17) is 4.98 Å². The number of fused-ring (bicyclic) bond motifs is 1. The molecule has 30 heavy (non-hydrogen) atoms. The van der Waals surface area contributed by atoms with Crippen molar-refractivity contribution in [3.05, 3.63) is 29.6 Å².